The molecular formula is C38H45N7O2S. The van der Waals surface area contributed by atoms with Crippen molar-refractivity contribution in [2.75, 3.05) is 77.1 Å². The van der Waals surface area contributed by atoms with Crippen molar-refractivity contribution in [1.82, 2.24) is 24.3 Å². The van der Waals surface area contributed by atoms with Crippen LogP contribution in [0.1, 0.15) is 35.3 Å². The van der Waals surface area contributed by atoms with E-state index in [4.69, 9.17) is 10.5 Å². The highest BCUT2D eigenvalue weighted by Gasteiger charge is 2.19. The summed E-state index contributed by atoms with van der Waals surface area (Å²) in [5, 5.41) is 7.14. The largest absolute Gasteiger partial charge is 0.495 e. The highest BCUT2D eigenvalue weighted by Crippen LogP contribution is 2.41. The van der Waals surface area contributed by atoms with Gasteiger partial charge in [-0.1, -0.05) is 36.4 Å². The van der Waals surface area contributed by atoms with Gasteiger partial charge in [0, 0.05) is 78.1 Å². The van der Waals surface area contributed by atoms with Crippen molar-refractivity contribution in [3.05, 3.63) is 77.4 Å². The first kappa shape index (κ1) is 32.3. The number of pyridine rings is 1. The molecule has 0 unspecified atom stereocenters. The van der Waals surface area contributed by atoms with Crippen molar-refractivity contribution >= 4 is 55.8 Å². The third-order valence-corrected chi connectivity index (χ3v) is 10.9. The van der Waals surface area contributed by atoms with Gasteiger partial charge >= 0.3 is 0 Å². The molecule has 0 saturated carbocycles. The second-order valence-electron chi connectivity index (χ2n) is 12.9. The Labute approximate surface area is 286 Å². The topological polar surface area (TPSA) is 91.9 Å². The van der Waals surface area contributed by atoms with E-state index in [9.17, 15) is 4.79 Å². The second-order valence-corrected chi connectivity index (χ2v) is 13.8. The SMILES string of the molecule is COc1cc(-c2csc3c(/C=C/CN4CCN(CCCN5CCCC5)CC4)cnc(N)c23)ccc1NC(=O)c1cc2ccccc2n1C. The van der Waals surface area contributed by atoms with Gasteiger partial charge in [0.1, 0.15) is 17.3 Å². The number of piperazine rings is 1. The van der Waals surface area contributed by atoms with E-state index >= 15 is 0 Å². The normalized spacial score (nSPS) is 16.5. The van der Waals surface area contributed by atoms with E-state index in [-0.39, 0.29) is 5.91 Å². The number of fused-ring (bicyclic) bond motifs is 2. The Morgan fingerprint density at radius 1 is 1.00 bits per heavy atom. The molecule has 0 aliphatic carbocycles. The Balaban J connectivity index is 1.01. The number of para-hydroxylation sites is 1. The minimum absolute atomic E-state index is 0.194. The van der Waals surface area contributed by atoms with E-state index < -0.39 is 0 Å². The van der Waals surface area contributed by atoms with E-state index in [0.717, 1.165) is 70.4 Å². The summed E-state index contributed by atoms with van der Waals surface area (Å²) >= 11 is 1.67. The summed E-state index contributed by atoms with van der Waals surface area (Å²) in [5.74, 6) is 0.889. The molecule has 48 heavy (non-hydrogen) atoms. The molecule has 2 aromatic carbocycles. The van der Waals surface area contributed by atoms with Crippen LogP contribution in [-0.2, 0) is 7.05 Å². The van der Waals surface area contributed by atoms with E-state index in [0.29, 0.717) is 22.9 Å². The highest BCUT2D eigenvalue weighted by molar-refractivity contribution is 7.18. The number of methoxy groups -OCH3 is 1. The predicted octanol–water partition coefficient (Wildman–Crippen LogP) is 6.41. The monoisotopic (exact) mass is 663 g/mol. The molecule has 2 saturated heterocycles. The number of thiophene rings is 1. The van der Waals surface area contributed by atoms with Crippen LogP contribution in [0.3, 0.4) is 0 Å². The maximum atomic E-state index is 13.3. The van der Waals surface area contributed by atoms with Crippen LogP contribution in [0.15, 0.2) is 66.2 Å². The first-order valence-electron chi connectivity index (χ1n) is 17.0. The second kappa shape index (κ2) is 14.5. The minimum atomic E-state index is -0.194. The lowest BCUT2D eigenvalue weighted by Gasteiger charge is -2.34. The molecule has 5 heterocycles. The third-order valence-electron chi connectivity index (χ3n) is 9.87. The third kappa shape index (κ3) is 6.84. The van der Waals surface area contributed by atoms with Crippen LogP contribution >= 0.6 is 11.3 Å². The fourth-order valence-corrected chi connectivity index (χ4v) is 8.20. The fourth-order valence-electron chi connectivity index (χ4n) is 7.12. The van der Waals surface area contributed by atoms with Gasteiger partial charge in [-0.05, 0) is 80.7 Å². The van der Waals surface area contributed by atoms with Gasteiger partial charge in [0.25, 0.3) is 5.91 Å². The number of ether oxygens (including phenoxy) is 1. The molecule has 2 fully saturated rings. The van der Waals surface area contributed by atoms with Crippen LogP contribution in [-0.4, -0.2) is 96.2 Å². The Bertz CT molecular complexity index is 1930. The van der Waals surface area contributed by atoms with Gasteiger partial charge < -0.3 is 30.2 Å². The summed E-state index contributed by atoms with van der Waals surface area (Å²) in [4.78, 5) is 25.6. The van der Waals surface area contributed by atoms with Crippen LogP contribution in [0, 0.1) is 0 Å². The van der Waals surface area contributed by atoms with Crippen molar-refractivity contribution in [1.29, 1.82) is 0 Å². The number of hydrogen-bond donors (Lipinski definition) is 2. The van der Waals surface area contributed by atoms with Gasteiger partial charge in [-0.15, -0.1) is 11.3 Å². The van der Waals surface area contributed by atoms with E-state index in [1.54, 1.807) is 18.4 Å². The predicted molar refractivity (Wildman–Crippen MR) is 199 cm³/mol. The zero-order chi connectivity index (χ0) is 33.0. The Hall–Kier alpha value is -4.22. The summed E-state index contributed by atoms with van der Waals surface area (Å²) in [6.45, 7) is 10.5. The first-order valence-corrected chi connectivity index (χ1v) is 17.9. The van der Waals surface area contributed by atoms with Crippen molar-refractivity contribution < 1.29 is 9.53 Å². The summed E-state index contributed by atoms with van der Waals surface area (Å²) in [7, 11) is 3.52. The molecule has 7 rings (SSSR count). The van der Waals surface area contributed by atoms with Crippen molar-refractivity contribution in [2.45, 2.75) is 19.3 Å². The number of amides is 1. The molecule has 10 heteroatoms. The van der Waals surface area contributed by atoms with Gasteiger partial charge in [0.15, 0.2) is 0 Å². The summed E-state index contributed by atoms with van der Waals surface area (Å²) < 4.78 is 8.77. The number of benzene rings is 2. The number of carbonyl (C=O) groups excluding carboxylic acids is 1. The molecule has 2 aliphatic heterocycles. The lowest BCUT2D eigenvalue weighted by atomic mass is 10.0. The lowest BCUT2D eigenvalue weighted by Crippen LogP contribution is -2.46. The Morgan fingerprint density at radius 3 is 2.52 bits per heavy atom. The molecule has 3 N–H and O–H groups in total. The van der Waals surface area contributed by atoms with E-state index in [2.05, 4.69) is 42.5 Å². The maximum absolute atomic E-state index is 13.3. The summed E-state index contributed by atoms with van der Waals surface area (Å²) in [6.07, 6.45) is 10.3. The maximum Gasteiger partial charge on any atom is 0.272 e. The number of carbonyl (C=O) groups is 1. The average molecular weight is 664 g/mol. The van der Waals surface area contributed by atoms with Crippen LogP contribution < -0.4 is 15.8 Å². The number of rotatable bonds is 11. The Kier molecular flexibility index (Phi) is 9.76. The number of nitrogens with two attached hydrogens (primary N) is 1. The van der Waals surface area contributed by atoms with Crippen molar-refractivity contribution in [2.24, 2.45) is 7.05 Å². The van der Waals surface area contributed by atoms with Gasteiger partial charge in [0.05, 0.1) is 12.8 Å². The number of aryl methyl sites for hydroxylation is 1. The van der Waals surface area contributed by atoms with Crippen molar-refractivity contribution in [3.8, 4) is 16.9 Å². The zero-order valence-electron chi connectivity index (χ0n) is 28.0. The van der Waals surface area contributed by atoms with Gasteiger partial charge in [-0.25, -0.2) is 4.98 Å². The quantitative estimate of drug-likeness (QED) is 0.169. The molecular weight excluding hydrogens is 619 g/mol. The standard InChI is InChI=1S/C38H45N7O2S/c1-42-32-11-4-3-9-28(32)23-33(42)38(46)41-31-13-12-27(24-34(31)47-2)30-26-48-36-29(25-40-37(39)35(30)36)10-7-16-44-19-21-45(22-20-44)18-8-17-43-14-5-6-15-43/h3-4,7,9-13,23-26H,5-6,8,14-22H2,1-2H3,(H2,39,40)(H,41,46)/b10-7+. The smallest absolute Gasteiger partial charge is 0.272 e. The van der Waals surface area contributed by atoms with Gasteiger partial charge in [-0.2, -0.15) is 0 Å². The molecule has 0 radical (unpaired) electrons. The molecule has 5 aromatic rings. The minimum Gasteiger partial charge on any atom is -0.495 e. The zero-order valence-corrected chi connectivity index (χ0v) is 28.8. The number of hydrogen-bond acceptors (Lipinski definition) is 8. The van der Waals surface area contributed by atoms with Crippen LogP contribution in [0.25, 0.3) is 38.2 Å². The fraction of sp³-hybridized carbons (Fsp3) is 0.368. The molecule has 0 atom stereocenters. The van der Waals surface area contributed by atoms with Gasteiger partial charge in [0.2, 0.25) is 0 Å². The van der Waals surface area contributed by atoms with Crippen LogP contribution in [0.5, 0.6) is 5.75 Å². The van der Waals surface area contributed by atoms with Crippen molar-refractivity contribution in [3.63, 3.8) is 0 Å². The summed E-state index contributed by atoms with van der Waals surface area (Å²) in [6, 6.07) is 15.7. The van der Waals surface area contributed by atoms with Gasteiger partial charge in [-0.3, -0.25) is 9.69 Å². The molecule has 9 nitrogen and oxygen atoms in total. The number of nitrogens with one attached hydrogen (secondary N) is 1. The number of aromatic nitrogens is 2. The van der Waals surface area contributed by atoms with Crippen LogP contribution in [0.2, 0.25) is 0 Å². The summed E-state index contributed by atoms with van der Waals surface area (Å²) in [5.41, 5.74) is 11.7. The number of nitrogen functional groups attached to an aromatic ring is 1. The number of anilines is 2. The van der Waals surface area contributed by atoms with E-state index in [1.165, 1.54) is 45.4 Å². The van der Waals surface area contributed by atoms with E-state index in [1.807, 2.05) is 66.3 Å². The molecule has 0 bridgehead atoms. The van der Waals surface area contributed by atoms with Crippen LogP contribution in [0.4, 0.5) is 11.5 Å². The number of likely N-dealkylation sites (tertiary alicyclic amines) is 1. The molecule has 1 amide bonds. The first-order chi connectivity index (χ1) is 23.5. The average Bonchev–Trinajstić information content (AvgIpc) is 3.87. The Morgan fingerprint density at radius 2 is 1.75 bits per heavy atom. The molecule has 2 aliphatic rings. The molecule has 3 aromatic heterocycles. The molecule has 250 valence electrons. The molecule has 0 spiro atoms. The number of nitrogens with zero attached hydrogens (tertiary/aromatic N) is 5. The highest BCUT2D eigenvalue weighted by atomic mass is 32.1. The lowest BCUT2D eigenvalue weighted by molar-refractivity contribution is 0.101.